The summed E-state index contributed by atoms with van der Waals surface area (Å²) in [6.07, 6.45) is 2.45. The molecule has 14 heavy (non-hydrogen) atoms. The van der Waals surface area contributed by atoms with E-state index >= 15 is 0 Å². The Balaban J connectivity index is 0. The Morgan fingerprint density at radius 1 is 1.29 bits per heavy atom. The standard InChI is InChI=1S/C8H9O4P.K.H/c9-13(10,11)12-7-6-8-4-2-1-3-5-8;;/h1-7H,(H2,9,10,11);;/q;+1;-1. The smallest absolute Gasteiger partial charge is 1.00 e. The van der Waals surface area contributed by atoms with Crippen LogP contribution in [0.1, 0.15) is 6.99 Å². The average molecular weight is 240 g/mol. The van der Waals surface area contributed by atoms with Crippen molar-refractivity contribution in [1.29, 1.82) is 0 Å². The van der Waals surface area contributed by atoms with Crippen LogP contribution in [0.5, 0.6) is 0 Å². The monoisotopic (exact) mass is 240 g/mol. The maximum Gasteiger partial charge on any atom is 1.00 e. The van der Waals surface area contributed by atoms with Crippen LogP contribution in [-0.4, -0.2) is 9.79 Å². The minimum atomic E-state index is -4.39. The largest absolute Gasteiger partial charge is 1.00 e. The molecule has 0 bridgehead atoms. The zero-order valence-corrected chi connectivity index (χ0v) is 11.7. The Bertz CT molecular complexity index is 338. The van der Waals surface area contributed by atoms with Gasteiger partial charge in [0, 0.05) is 0 Å². The van der Waals surface area contributed by atoms with Crippen molar-refractivity contribution in [1.82, 2.24) is 0 Å². The first kappa shape index (κ1) is 14.5. The van der Waals surface area contributed by atoms with Crippen molar-refractivity contribution < 1.29 is 71.7 Å². The number of phosphoric ester groups is 1. The second-order valence-corrected chi connectivity index (χ2v) is 3.50. The molecule has 0 aromatic heterocycles. The predicted molar refractivity (Wildman–Crippen MR) is 49.7 cm³/mol. The fraction of sp³-hybridized carbons (Fsp3) is 0. The summed E-state index contributed by atoms with van der Waals surface area (Å²) in [5, 5.41) is 0. The normalized spacial score (nSPS) is 11.0. The summed E-state index contributed by atoms with van der Waals surface area (Å²) in [6, 6.07) is 9.06. The topological polar surface area (TPSA) is 66.8 Å². The molecule has 0 saturated carbocycles. The maximum absolute atomic E-state index is 10.2. The molecule has 0 saturated heterocycles. The van der Waals surface area contributed by atoms with Crippen molar-refractivity contribution in [2.24, 2.45) is 0 Å². The summed E-state index contributed by atoms with van der Waals surface area (Å²) in [5.41, 5.74) is 0.816. The third kappa shape index (κ3) is 6.92. The van der Waals surface area contributed by atoms with E-state index in [1.54, 1.807) is 12.1 Å². The summed E-state index contributed by atoms with van der Waals surface area (Å²) in [5.74, 6) is 0. The van der Waals surface area contributed by atoms with Gasteiger partial charge in [-0.15, -0.1) is 0 Å². The van der Waals surface area contributed by atoms with Gasteiger partial charge in [0.05, 0.1) is 6.26 Å². The SMILES string of the molecule is O=P(O)(O)OC=Cc1ccccc1.[H-].[K+]. The first-order valence-corrected chi connectivity index (χ1v) is 5.06. The van der Waals surface area contributed by atoms with Crippen LogP contribution in [-0.2, 0) is 9.09 Å². The second kappa shape index (κ2) is 6.93. The van der Waals surface area contributed by atoms with Crippen molar-refractivity contribution in [3.05, 3.63) is 42.2 Å². The van der Waals surface area contributed by atoms with Gasteiger partial charge in [0.1, 0.15) is 0 Å². The van der Waals surface area contributed by atoms with Gasteiger partial charge in [0.15, 0.2) is 0 Å². The summed E-state index contributed by atoms with van der Waals surface area (Å²) in [6.45, 7) is 0. The van der Waals surface area contributed by atoms with Crippen LogP contribution in [0.15, 0.2) is 36.6 Å². The van der Waals surface area contributed by atoms with Gasteiger partial charge in [-0.1, -0.05) is 30.3 Å². The molecular weight excluding hydrogens is 230 g/mol. The van der Waals surface area contributed by atoms with Crippen molar-refractivity contribution in [2.75, 3.05) is 0 Å². The molecule has 0 amide bonds. The number of hydrogen-bond acceptors (Lipinski definition) is 2. The van der Waals surface area contributed by atoms with E-state index in [9.17, 15) is 4.57 Å². The van der Waals surface area contributed by atoms with E-state index in [0.717, 1.165) is 11.8 Å². The van der Waals surface area contributed by atoms with E-state index in [0.29, 0.717) is 0 Å². The number of phosphoric acid groups is 1. The molecule has 1 aromatic carbocycles. The summed E-state index contributed by atoms with van der Waals surface area (Å²) >= 11 is 0. The van der Waals surface area contributed by atoms with Gasteiger partial charge in [0.2, 0.25) is 0 Å². The molecule has 2 N–H and O–H groups in total. The fourth-order valence-corrected chi connectivity index (χ4v) is 0.972. The third-order valence-electron chi connectivity index (χ3n) is 1.26. The van der Waals surface area contributed by atoms with E-state index < -0.39 is 7.82 Å². The van der Waals surface area contributed by atoms with Gasteiger partial charge in [-0.25, -0.2) is 4.57 Å². The van der Waals surface area contributed by atoms with Gasteiger partial charge in [-0.05, 0) is 11.6 Å². The second-order valence-electron chi connectivity index (χ2n) is 2.31. The average Bonchev–Trinajstić information content (AvgIpc) is 2.04. The molecule has 0 atom stereocenters. The van der Waals surface area contributed by atoms with E-state index in [2.05, 4.69) is 4.52 Å². The summed E-state index contributed by atoms with van der Waals surface area (Å²) in [7, 11) is -4.39. The molecule has 6 heteroatoms. The predicted octanol–water partition coefficient (Wildman–Crippen LogP) is -1.12. The molecule has 0 radical (unpaired) electrons. The molecule has 72 valence electrons. The van der Waals surface area contributed by atoms with Crippen molar-refractivity contribution in [2.45, 2.75) is 0 Å². The molecular formula is C8H10KO4P. The van der Waals surface area contributed by atoms with Gasteiger partial charge in [-0.2, -0.15) is 0 Å². The number of rotatable bonds is 3. The van der Waals surface area contributed by atoms with Crippen LogP contribution >= 0.6 is 7.82 Å². The molecule has 0 aliphatic heterocycles. The van der Waals surface area contributed by atoms with Gasteiger partial charge < -0.3 is 5.95 Å². The van der Waals surface area contributed by atoms with Crippen LogP contribution in [0.25, 0.3) is 6.08 Å². The minimum Gasteiger partial charge on any atom is -1.00 e. The molecule has 0 fully saturated rings. The number of benzene rings is 1. The summed E-state index contributed by atoms with van der Waals surface area (Å²) < 4.78 is 14.4. The first-order valence-electron chi connectivity index (χ1n) is 3.53. The third-order valence-corrected chi connectivity index (χ3v) is 1.65. The Morgan fingerprint density at radius 2 is 1.86 bits per heavy atom. The van der Waals surface area contributed by atoms with Crippen LogP contribution in [0.4, 0.5) is 0 Å². The molecule has 0 aliphatic carbocycles. The van der Waals surface area contributed by atoms with Gasteiger partial charge >= 0.3 is 59.2 Å². The van der Waals surface area contributed by atoms with Crippen LogP contribution < -0.4 is 51.4 Å². The Kier molecular flexibility index (Phi) is 7.20. The molecule has 0 aliphatic rings. The van der Waals surface area contributed by atoms with Crippen molar-refractivity contribution in [3.63, 3.8) is 0 Å². The molecule has 0 unspecified atom stereocenters. The Labute approximate surface area is 126 Å². The van der Waals surface area contributed by atoms with Crippen molar-refractivity contribution >= 4 is 13.9 Å². The van der Waals surface area contributed by atoms with Crippen molar-refractivity contribution in [3.8, 4) is 0 Å². The first-order chi connectivity index (χ1) is 6.08. The van der Waals surface area contributed by atoms with E-state index in [1.165, 1.54) is 6.08 Å². The van der Waals surface area contributed by atoms with Crippen LogP contribution in [0, 0.1) is 0 Å². The summed E-state index contributed by atoms with van der Waals surface area (Å²) in [4.78, 5) is 16.7. The van der Waals surface area contributed by atoms with Gasteiger partial charge in [0.25, 0.3) is 0 Å². The maximum atomic E-state index is 10.2. The van der Waals surface area contributed by atoms with E-state index in [1.807, 2.05) is 18.2 Å². The Morgan fingerprint density at radius 3 is 2.36 bits per heavy atom. The van der Waals surface area contributed by atoms with E-state index in [4.69, 9.17) is 9.79 Å². The minimum absolute atomic E-state index is 0. The Hall–Kier alpha value is 0.546. The fourth-order valence-electron chi connectivity index (χ4n) is 0.752. The molecule has 4 nitrogen and oxygen atoms in total. The van der Waals surface area contributed by atoms with Crippen LogP contribution in [0.2, 0.25) is 0 Å². The molecule has 1 rings (SSSR count). The number of hydrogen-bond donors (Lipinski definition) is 2. The quantitative estimate of drug-likeness (QED) is 0.399. The zero-order chi connectivity index (χ0) is 9.73. The molecule has 0 spiro atoms. The van der Waals surface area contributed by atoms with E-state index in [-0.39, 0.29) is 52.8 Å². The molecule has 1 aromatic rings. The molecule has 0 heterocycles. The zero-order valence-electron chi connectivity index (χ0n) is 8.70. The van der Waals surface area contributed by atoms with Crippen LogP contribution in [0.3, 0.4) is 0 Å². The van der Waals surface area contributed by atoms with Gasteiger partial charge in [-0.3, -0.25) is 9.79 Å².